The molecule has 0 unspecified atom stereocenters. The summed E-state index contributed by atoms with van der Waals surface area (Å²) in [5.41, 5.74) is -5.78. The summed E-state index contributed by atoms with van der Waals surface area (Å²) in [5.74, 6) is -6.92. The monoisotopic (exact) mass is 616 g/mol. The molecule has 2 heterocycles. The number of carbonyl (C=O) groups is 5. The number of hydrogen-bond donors (Lipinski definition) is 2. The Morgan fingerprint density at radius 2 is 1.45 bits per heavy atom. The molecule has 13 nitrogen and oxygen atoms in total. The Hall–Kier alpha value is -2.74. The minimum Gasteiger partial charge on any atom is -0.462 e. The number of alkyl halides is 1. The smallest absolute Gasteiger partial charge is 0.312 e. The molecule has 3 fully saturated rings. The van der Waals surface area contributed by atoms with E-state index >= 15 is 0 Å². The van der Waals surface area contributed by atoms with E-state index in [1.165, 1.54) is 19.9 Å². The lowest BCUT2D eigenvalue weighted by Crippen LogP contribution is -2.74. The van der Waals surface area contributed by atoms with Crippen molar-refractivity contribution in [3.8, 4) is 0 Å². The van der Waals surface area contributed by atoms with E-state index in [1.807, 2.05) is 0 Å². The van der Waals surface area contributed by atoms with Crippen molar-refractivity contribution in [2.24, 2.45) is 17.3 Å². The molecule has 42 heavy (non-hydrogen) atoms. The predicted octanol–water partition coefficient (Wildman–Crippen LogP) is 0.729. The van der Waals surface area contributed by atoms with Crippen molar-refractivity contribution in [1.82, 2.24) is 0 Å². The lowest BCUT2D eigenvalue weighted by Gasteiger charge is -2.60. The van der Waals surface area contributed by atoms with E-state index in [4.69, 9.17) is 40.0 Å². The van der Waals surface area contributed by atoms with Gasteiger partial charge in [-0.2, -0.15) is 0 Å². The summed E-state index contributed by atoms with van der Waals surface area (Å²) < 4.78 is 34.5. The average molecular weight is 617 g/mol. The molecule has 0 aromatic carbocycles. The molecule has 2 aliphatic carbocycles. The minimum atomic E-state index is -2.34. The van der Waals surface area contributed by atoms with Gasteiger partial charge in [0, 0.05) is 45.9 Å². The predicted molar refractivity (Wildman–Crippen MR) is 141 cm³/mol. The molecule has 0 amide bonds. The van der Waals surface area contributed by atoms with Crippen LogP contribution in [0.15, 0.2) is 11.6 Å². The van der Waals surface area contributed by atoms with Gasteiger partial charge >= 0.3 is 29.8 Å². The van der Waals surface area contributed by atoms with E-state index in [0.29, 0.717) is 5.57 Å². The summed E-state index contributed by atoms with van der Waals surface area (Å²) in [6.07, 6.45) is -7.59. The Morgan fingerprint density at radius 3 is 1.98 bits per heavy atom. The summed E-state index contributed by atoms with van der Waals surface area (Å²) in [4.78, 5) is 62.9. The van der Waals surface area contributed by atoms with Crippen LogP contribution in [0.5, 0.6) is 0 Å². The maximum absolute atomic E-state index is 13.0. The highest BCUT2D eigenvalue weighted by molar-refractivity contribution is 6.19. The molecule has 2 N–H and O–H groups in total. The van der Waals surface area contributed by atoms with Gasteiger partial charge in [0.25, 0.3) is 0 Å². The molecule has 0 radical (unpaired) electrons. The van der Waals surface area contributed by atoms with Gasteiger partial charge in [0.05, 0.1) is 11.3 Å². The van der Waals surface area contributed by atoms with E-state index in [-0.39, 0.29) is 12.3 Å². The van der Waals surface area contributed by atoms with Crippen LogP contribution in [0.2, 0.25) is 0 Å². The van der Waals surface area contributed by atoms with Gasteiger partial charge < -0.3 is 38.6 Å². The molecule has 2 aliphatic heterocycles. The zero-order valence-corrected chi connectivity index (χ0v) is 25.2. The van der Waals surface area contributed by atoms with Crippen LogP contribution in [0.3, 0.4) is 0 Å². The van der Waals surface area contributed by atoms with Crippen LogP contribution in [0.4, 0.5) is 0 Å². The van der Waals surface area contributed by atoms with Gasteiger partial charge in [-0.25, -0.2) is 0 Å². The number of hydrogen-bond acceptors (Lipinski definition) is 13. The van der Waals surface area contributed by atoms with Crippen LogP contribution >= 0.6 is 11.6 Å². The Kier molecular flexibility index (Phi) is 8.48. The standard InChI is InChI=1S/C28H37ClO13/c1-11-25(34)41-19-8-16(10-29)20-21(42-20)23(39-14(4)32)26(6)17(37-12(2)30)9-18(38-13(3)31)27(7,35)22(26)24(28(11,19)36)40-15(5)33/h8,11,17-24,35-36H,9-10H2,1-7H3/b16-8-/t11-,17-,18+,19-,20+,21+,22+,23-,24+,26-,27+,28-/m0/s1. The molecular formula is C28H37ClO13. The summed E-state index contributed by atoms with van der Waals surface area (Å²) in [6.45, 7) is 8.74. The largest absolute Gasteiger partial charge is 0.462 e. The van der Waals surface area contributed by atoms with Crippen LogP contribution in [-0.4, -0.2) is 99.9 Å². The van der Waals surface area contributed by atoms with E-state index in [0.717, 1.165) is 27.7 Å². The molecule has 234 valence electrons. The normalized spacial score (nSPS) is 45.4. The van der Waals surface area contributed by atoms with Gasteiger partial charge in [-0.15, -0.1) is 11.6 Å². The van der Waals surface area contributed by atoms with Crippen molar-refractivity contribution >= 4 is 41.4 Å². The second kappa shape index (κ2) is 11.1. The Balaban J connectivity index is 2.11. The summed E-state index contributed by atoms with van der Waals surface area (Å²) in [7, 11) is 0. The third kappa shape index (κ3) is 5.18. The second-order valence-electron chi connectivity index (χ2n) is 11.9. The molecule has 0 bridgehead atoms. The quantitative estimate of drug-likeness (QED) is 0.145. The van der Waals surface area contributed by atoms with Gasteiger partial charge in [0.15, 0.2) is 11.7 Å². The van der Waals surface area contributed by atoms with Crippen LogP contribution in [0, 0.1) is 17.3 Å². The molecule has 0 aromatic rings. The van der Waals surface area contributed by atoms with Crippen LogP contribution in [0.1, 0.15) is 54.9 Å². The molecule has 2 saturated heterocycles. The maximum Gasteiger partial charge on any atom is 0.312 e. The van der Waals surface area contributed by atoms with Crippen molar-refractivity contribution in [2.45, 2.75) is 109 Å². The van der Waals surface area contributed by atoms with Gasteiger partial charge in [-0.3, -0.25) is 24.0 Å². The first kappa shape index (κ1) is 32.2. The molecule has 0 aromatic heterocycles. The fourth-order valence-electron chi connectivity index (χ4n) is 7.18. The van der Waals surface area contributed by atoms with E-state index < -0.39 is 101 Å². The first-order chi connectivity index (χ1) is 19.4. The molecule has 12 atom stereocenters. The molecule has 4 rings (SSSR count). The molecule has 14 heteroatoms. The van der Waals surface area contributed by atoms with Crippen molar-refractivity contribution < 1.29 is 62.6 Å². The number of epoxide rings is 1. The SMILES string of the molecule is CC(=O)O[C@H]1C[C@@H](OC(C)=O)[C@@](C)(O)[C@@H]2[C@@H](OC(C)=O)[C@@]3(O)[C@H](/C=C(/CCl)[C@H]4O[C@H]4[C@H](OC(C)=O)[C@@]12C)OC(=O)[C@@H]3C. The van der Waals surface area contributed by atoms with E-state index in [2.05, 4.69) is 0 Å². The van der Waals surface area contributed by atoms with E-state index in [1.54, 1.807) is 6.92 Å². The number of aliphatic hydroxyl groups is 2. The highest BCUT2D eigenvalue weighted by Crippen LogP contribution is 2.60. The zero-order chi connectivity index (χ0) is 31.5. The van der Waals surface area contributed by atoms with Crippen LogP contribution < -0.4 is 0 Å². The summed E-state index contributed by atoms with van der Waals surface area (Å²) >= 11 is 6.27. The molecule has 1 saturated carbocycles. The van der Waals surface area contributed by atoms with Crippen molar-refractivity contribution in [3.63, 3.8) is 0 Å². The van der Waals surface area contributed by atoms with Crippen molar-refractivity contribution in [1.29, 1.82) is 0 Å². The topological polar surface area (TPSA) is 184 Å². The zero-order valence-electron chi connectivity index (χ0n) is 24.5. The Bertz CT molecular complexity index is 1200. The van der Waals surface area contributed by atoms with Crippen molar-refractivity contribution in [2.75, 3.05) is 5.88 Å². The second-order valence-corrected chi connectivity index (χ2v) is 12.2. The first-order valence-electron chi connectivity index (χ1n) is 13.7. The number of esters is 5. The fraction of sp³-hybridized carbons (Fsp3) is 0.750. The van der Waals surface area contributed by atoms with Gasteiger partial charge in [0.2, 0.25) is 0 Å². The minimum absolute atomic E-state index is 0.121. The Morgan fingerprint density at radius 1 is 0.929 bits per heavy atom. The third-order valence-corrected chi connectivity index (χ3v) is 9.41. The summed E-state index contributed by atoms with van der Waals surface area (Å²) in [6, 6.07) is 0. The lowest BCUT2D eigenvalue weighted by molar-refractivity contribution is -0.291. The van der Waals surface area contributed by atoms with E-state index in [9.17, 15) is 34.2 Å². The van der Waals surface area contributed by atoms with Crippen molar-refractivity contribution in [3.05, 3.63) is 11.6 Å². The van der Waals surface area contributed by atoms with Crippen LogP contribution in [-0.2, 0) is 52.4 Å². The number of fused-ring (bicyclic) bond motifs is 3. The number of ether oxygens (including phenoxy) is 6. The maximum atomic E-state index is 13.0. The molecule has 0 spiro atoms. The molecular weight excluding hydrogens is 580 g/mol. The number of carbonyl (C=O) groups excluding carboxylic acids is 5. The number of rotatable bonds is 5. The van der Waals surface area contributed by atoms with Crippen LogP contribution in [0.25, 0.3) is 0 Å². The highest BCUT2D eigenvalue weighted by atomic mass is 35.5. The molecule has 4 aliphatic rings. The fourth-order valence-corrected chi connectivity index (χ4v) is 7.42. The third-order valence-electron chi connectivity index (χ3n) is 9.10. The number of halogens is 1. The van der Waals surface area contributed by atoms with Gasteiger partial charge in [-0.05, 0) is 25.5 Å². The highest BCUT2D eigenvalue weighted by Gasteiger charge is 2.75. The van der Waals surface area contributed by atoms with Gasteiger partial charge in [0.1, 0.15) is 42.2 Å². The Labute approximate surface area is 247 Å². The van der Waals surface area contributed by atoms with Gasteiger partial charge in [-0.1, -0.05) is 6.92 Å². The average Bonchev–Trinajstić information content (AvgIpc) is 3.61. The lowest BCUT2D eigenvalue weighted by atomic mass is 9.51. The first-order valence-corrected chi connectivity index (χ1v) is 14.2. The summed E-state index contributed by atoms with van der Waals surface area (Å²) in [5, 5.41) is 24.8.